The molecule has 0 radical (unpaired) electrons. The fourth-order valence-corrected chi connectivity index (χ4v) is 2.47. The molecule has 1 aromatic heterocycles. The smallest absolute Gasteiger partial charge is 0.165 e. The van der Waals surface area contributed by atoms with Crippen molar-refractivity contribution in [2.45, 2.75) is 50.7 Å². The average Bonchev–Trinajstić information content (AvgIpc) is 3.11. The summed E-state index contributed by atoms with van der Waals surface area (Å²) >= 11 is 0. The maximum atomic E-state index is 11.0. The molecule has 6 nitrogen and oxygen atoms in total. The quantitative estimate of drug-likeness (QED) is 0.714. The summed E-state index contributed by atoms with van der Waals surface area (Å²) < 4.78 is 1.93. The number of rotatable bonds is 4. The molecule has 3 rings (SSSR count). The first-order valence-electron chi connectivity index (χ1n) is 6.34. The van der Waals surface area contributed by atoms with Gasteiger partial charge in [0.05, 0.1) is 18.6 Å². The summed E-state index contributed by atoms with van der Waals surface area (Å²) in [4.78, 5) is 13.2. The van der Waals surface area contributed by atoms with Gasteiger partial charge in [0.15, 0.2) is 5.82 Å². The number of likely N-dealkylation sites (tertiary alicyclic amines) is 1. The van der Waals surface area contributed by atoms with E-state index in [9.17, 15) is 4.79 Å². The molecular formula is C11H17N5O. The zero-order chi connectivity index (χ0) is 11.7. The largest absolute Gasteiger partial charge is 0.302 e. The van der Waals surface area contributed by atoms with E-state index in [1.165, 1.54) is 12.8 Å². The number of tetrazole rings is 1. The van der Waals surface area contributed by atoms with Gasteiger partial charge in [0.25, 0.3) is 0 Å². The number of carbonyl (C=O) groups excluding carboxylic acids is 1. The molecule has 6 heteroatoms. The maximum Gasteiger partial charge on any atom is 0.165 e. The zero-order valence-corrected chi connectivity index (χ0v) is 9.83. The molecule has 0 bridgehead atoms. The van der Waals surface area contributed by atoms with Crippen molar-refractivity contribution >= 4 is 6.29 Å². The molecule has 1 saturated carbocycles. The summed E-state index contributed by atoms with van der Waals surface area (Å²) in [5, 5.41) is 11.9. The Hall–Kier alpha value is -1.30. The highest BCUT2D eigenvalue weighted by Gasteiger charge is 2.30. The predicted molar refractivity (Wildman–Crippen MR) is 60.2 cm³/mol. The van der Waals surface area contributed by atoms with Gasteiger partial charge in [-0.15, -0.1) is 5.10 Å². The van der Waals surface area contributed by atoms with E-state index in [0.29, 0.717) is 12.6 Å². The SMILES string of the molecule is O=CC1CCCCN1Cc1nnnn1C1CC1. The fourth-order valence-electron chi connectivity index (χ4n) is 2.47. The monoisotopic (exact) mass is 235 g/mol. The highest BCUT2D eigenvalue weighted by atomic mass is 16.1. The van der Waals surface area contributed by atoms with Crippen molar-refractivity contribution in [2.75, 3.05) is 6.54 Å². The molecule has 1 aromatic rings. The van der Waals surface area contributed by atoms with Gasteiger partial charge in [0, 0.05) is 0 Å². The van der Waals surface area contributed by atoms with E-state index in [-0.39, 0.29) is 6.04 Å². The maximum absolute atomic E-state index is 11.0. The Kier molecular flexibility index (Phi) is 2.88. The standard InChI is InChI=1S/C11H17N5O/c17-8-10-3-1-2-6-15(10)7-11-12-13-14-16(11)9-4-5-9/h8-10H,1-7H2. The molecule has 92 valence electrons. The van der Waals surface area contributed by atoms with Crippen LogP contribution in [0, 0.1) is 0 Å². The highest BCUT2D eigenvalue weighted by molar-refractivity contribution is 5.57. The third-order valence-electron chi connectivity index (χ3n) is 3.62. The van der Waals surface area contributed by atoms with E-state index >= 15 is 0 Å². The van der Waals surface area contributed by atoms with Crippen molar-refractivity contribution < 1.29 is 4.79 Å². The van der Waals surface area contributed by atoms with Crippen LogP contribution in [-0.2, 0) is 11.3 Å². The van der Waals surface area contributed by atoms with Crippen LogP contribution in [0.2, 0.25) is 0 Å². The van der Waals surface area contributed by atoms with Crippen LogP contribution >= 0.6 is 0 Å². The molecule has 2 fully saturated rings. The van der Waals surface area contributed by atoms with Gasteiger partial charge in [0.2, 0.25) is 0 Å². The second-order valence-electron chi connectivity index (χ2n) is 4.94. The van der Waals surface area contributed by atoms with Gasteiger partial charge in [-0.3, -0.25) is 4.90 Å². The van der Waals surface area contributed by atoms with E-state index in [2.05, 4.69) is 20.4 Å². The molecule has 0 aromatic carbocycles. The van der Waals surface area contributed by atoms with Gasteiger partial charge in [0.1, 0.15) is 6.29 Å². The van der Waals surface area contributed by atoms with Gasteiger partial charge in [-0.1, -0.05) is 6.42 Å². The van der Waals surface area contributed by atoms with Gasteiger partial charge in [-0.2, -0.15) is 0 Å². The van der Waals surface area contributed by atoms with E-state index in [1.54, 1.807) is 0 Å². The first-order valence-corrected chi connectivity index (χ1v) is 6.34. The lowest BCUT2D eigenvalue weighted by Gasteiger charge is -2.31. The molecule has 2 aliphatic rings. The van der Waals surface area contributed by atoms with E-state index < -0.39 is 0 Å². The number of nitrogens with zero attached hydrogens (tertiary/aromatic N) is 5. The van der Waals surface area contributed by atoms with E-state index in [4.69, 9.17) is 0 Å². The van der Waals surface area contributed by atoms with Crippen molar-refractivity contribution in [3.05, 3.63) is 5.82 Å². The number of hydrogen-bond acceptors (Lipinski definition) is 5. The van der Waals surface area contributed by atoms with E-state index in [1.807, 2.05) is 4.68 Å². The van der Waals surface area contributed by atoms with Crippen molar-refractivity contribution in [1.82, 2.24) is 25.1 Å². The van der Waals surface area contributed by atoms with Crippen LogP contribution in [-0.4, -0.2) is 44.0 Å². The Bertz CT molecular complexity index is 400. The molecule has 0 N–H and O–H groups in total. The average molecular weight is 235 g/mol. The summed E-state index contributed by atoms with van der Waals surface area (Å²) in [5.74, 6) is 0.904. The van der Waals surface area contributed by atoms with Gasteiger partial charge < -0.3 is 4.79 Å². The summed E-state index contributed by atoms with van der Waals surface area (Å²) in [6.45, 7) is 1.67. The number of carbonyl (C=O) groups is 1. The van der Waals surface area contributed by atoms with Gasteiger partial charge >= 0.3 is 0 Å². The van der Waals surface area contributed by atoms with Crippen molar-refractivity contribution in [3.63, 3.8) is 0 Å². The normalized spacial score (nSPS) is 26.0. The minimum atomic E-state index is 0.0492. The molecule has 1 aliphatic heterocycles. The van der Waals surface area contributed by atoms with Crippen molar-refractivity contribution in [3.8, 4) is 0 Å². The first kappa shape index (κ1) is 10.8. The summed E-state index contributed by atoms with van der Waals surface area (Å²) in [6.07, 6.45) is 6.69. The topological polar surface area (TPSA) is 63.9 Å². The fraction of sp³-hybridized carbons (Fsp3) is 0.818. The van der Waals surface area contributed by atoms with Crippen LogP contribution in [0.1, 0.15) is 44.0 Å². The minimum Gasteiger partial charge on any atom is -0.302 e. The Morgan fingerprint density at radius 3 is 2.94 bits per heavy atom. The highest BCUT2D eigenvalue weighted by Crippen LogP contribution is 2.34. The molecule has 1 unspecified atom stereocenters. The molecule has 17 heavy (non-hydrogen) atoms. The number of hydrogen-bond donors (Lipinski definition) is 0. The lowest BCUT2D eigenvalue weighted by molar-refractivity contribution is -0.113. The second kappa shape index (κ2) is 4.52. The van der Waals surface area contributed by atoms with Crippen LogP contribution in [0.3, 0.4) is 0 Å². The lowest BCUT2D eigenvalue weighted by Crippen LogP contribution is -2.40. The number of aldehydes is 1. The Balaban J connectivity index is 1.71. The first-order chi connectivity index (χ1) is 8.38. The Morgan fingerprint density at radius 2 is 2.18 bits per heavy atom. The third kappa shape index (κ3) is 2.22. The zero-order valence-electron chi connectivity index (χ0n) is 9.83. The molecule has 1 atom stereocenters. The second-order valence-corrected chi connectivity index (χ2v) is 4.94. The molecule has 0 spiro atoms. The van der Waals surface area contributed by atoms with E-state index in [0.717, 1.165) is 37.9 Å². The molecule has 1 saturated heterocycles. The van der Waals surface area contributed by atoms with Crippen molar-refractivity contribution in [1.29, 1.82) is 0 Å². The molecule has 2 heterocycles. The van der Waals surface area contributed by atoms with Crippen LogP contribution < -0.4 is 0 Å². The Labute approximate surface area is 100.0 Å². The van der Waals surface area contributed by atoms with Crippen LogP contribution in [0.4, 0.5) is 0 Å². The summed E-state index contributed by atoms with van der Waals surface area (Å²) in [6, 6.07) is 0.549. The number of aromatic nitrogens is 4. The third-order valence-corrected chi connectivity index (χ3v) is 3.62. The van der Waals surface area contributed by atoms with Crippen molar-refractivity contribution in [2.24, 2.45) is 0 Å². The van der Waals surface area contributed by atoms with Crippen LogP contribution in [0.15, 0.2) is 0 Å². The Morgan fingerprint density at radius 1 is 1.29 bits per heavy atom. The molecule has 0 amide bonds. The summed E-state index contributed by atoms with van der Waals surface area (Å²) in [5.41, 5.74) is 0. The summed E-state index contributed by atoms with van der Waals surface area (Å²) in [7, 11) is 0. The van der Waals surface area contributed by atoms with Gasteiger partial charge in [-0.25, -0.2) is 4.68 Å². The van der Waals surface area contributed by atoms with Gasteiger partial charge in [-0.05, 0) is 42.7 Å². The predicted octanol–water partition coefficient (Wildman–Crippen LogP) is 0.561. The molecular weight excluding hydrogens is 218 g/mol. The van der Waals surface area contributed by atoms with Crippen LogP contribution in [0.25, 0.3) is 0 Å². The molecule has 1 aliphatic carbocycles. The number of piperidine rings is 1. The van der Waals surface area contributed by atoms with Crippen LogP contribution in [0.5, 0.6) is 0 Å². The lowest BCUT2D eigenvalue weighted by atomic mass is 10.0. The minimum absolute atomic E-state index is 0.0492.